The number of nitrogens with zero attached hydrogens (tertiary/aromatic N) is 6. The molecule has 0 aliphatic heterocycles. The van der Waals surface area contributed by atoms with Crippen LogP contribution in [0.4, 0.5) is 11.6 Å². The maximum atomic E-state index is 4.75. The van der Waals surface area contributed by atoms with Crippen LogP contribution in [0.25, 0.3) is 17.2 Å². The Morgan fingerprint density at radius 2 is 1.80 bits per heavy atom. The molecule has 0 saturated carbocycles. The maximum Gasteiger partial charge on any atom is 0.234 e. The SMILES string of the molecule is Cc1nc2ncccn2c1-c1ccnc(N(C)c2ccc(I)cc2)n1. The number of aryl methyl sites for hydroxylation is 1. The topological polar surface area (TPSA) is 59.2 Å². The van der Waals surface area contributed by atoms with Crippen molar-refractivity contribution in [2.75, 3.05) is 11.9 Å². The molecule has 0 fully saturated rings. The number of anilines is 2. The maximum absolute atomic E-state index is 4.75. The molecule has 3 aromatic heterocycles. The third-order valence-electron chi connectivity index (χ3n) is 3.98. The van der Waals surface area contributed by atoms with Gasteiger partial charge in [-0.1, -0.05) is 0 Å². The zero-order chi connectivity index (χ0) is 17.4. The van der Waals surface area contributed by atoms with Gasteiger partial charge in [0.2, 0.25) is 11.7 Å². The molecular weight excluding hydrogens is 427 g/mol. The van der Waals surface area contributed by atoms with Gasteiger partial charge >= 0.3 is 0 Å². The molecule has 4 rings (SSSR count). The van der Waals surface area contributed by atoms with Gasteiger partial charge in [0.25, 0.3) is 0 Å². The summed E-state index contributed by atoms with van der Waals surface area (Å²) >= 11 is 2.29. The van der Waals surface area contributed by atoms with Gasteiger partial charge in [-0.2, -0.15) is 0 Å². The van der Waals surface area contributed by atoms with E-state index in [9.17, 15) is 0 Å². The first-order valence-corrected chi connectivity index (χ1v) is 8.84. The van der Waals surface area contributed by atoms with Crippen LogP contribution < -0.4 is 4.90 Å². The van der Waals surface area contributed by atoms with E-state index in [2.05, 4.69) is 61.8 Å². The number of fused-ring (bicyclic) bond motifs is 1. The molecule has 124 valence electrons. The zero-order valence-corrected chi connectivity index (χ0v) is 15.9. The van der Waals surface area contributed by atoms with Gasteiger partial charge in [0.15, 0.2) is 0 Å². The lowest BCUT2D eigenvalue weighted by molar-refractivity contribution is 1.03. The summed E-state index contributed by atoms with van der Waals surface area (Å²) in [5.41, 5.74) is 3.68. The standard InChI is InChI=1S/C18H15IN6/c1-12-16(25-11-3-9-20-18(25)22-12)15-8-10-21-17(23-15)24(2)14-6-4-13(19)5-7-14/h3-11H,1-2H3. The van der Waals surface area contributed by atoms with Gasteiger partial charge in [-0.15, -0.1) is 0 Å². The smallest absolute Gasteiger partial charge is 0.234 e. The predicted octanol–water partition coefficient (Wildman–Crippen LogP) is 3.87. The molecular formula is C18H15IN6. The van der Waals surface area contributed by atoms with Crippen LogP contribution in [0.1, 0.15) is 5.69 Å². The minimum Gasteiger partial charge on any atom is -0.314 e. The number of rotatable bonds is 3. The summed E-state index contributed by atoms with van der Waals surface area (Å²) in [6.45, 7) is 1.97. The van der Waals surface area contributed by atoms with E-state index in [0.29, 0.717) is 11.7 Å². The van der Waals surface area contributed by atoms with Crippen LogP contribution in [0.15, 0.2) is 55.0 Å². The van der Waals surface area contributed by atoms with Crippen LogP contribution >= 0.6 is 22.6 Å². The molecule has 0 saturated heterocycles. The third kappa shape index (κ3) is 2.95. The lowest BCUT2D eigenvalue weighted by atomic mass is 10.2. The second-order valence-corrected chi connectivity index (χ2v) is 6.86. The fourth-order valence-electron chi connectivity index (χ4n) is 2.73. The van der Waals surface area contributed by atoms with Crippen LogP contribution in [0.2, 0.25) is 0 Å². The van der Waals surface area contributed by atoms with E-state index in [1.165, 1.54) is 3.57 Å². The molecule has 0 amide bonds. The van der Waals surface area contributed by atoms with Crippen molar-refractivity contribution in [3.05, 3.63) is 64.3 Å². The molecule has 1 aromatic carbocycles. The van der Waals surface area contributed by atoms with Crippen molar-refractivity contribution in [3.8, 4) is 11.4 Å². The van der Waals surface area contributed by atoms with Crippen molar-refractivity contribution in [1.29, 1.82) is 0 Å². The highest BCUT2D eigenvalue weighted by molar-refractivity contribution is 14.1. The summed E-state index contributed by atoms with van der Waals surface area (Å²) < 4.78 is 3.14. The summed E-state index contributed by atoms with van der Waals surface area (Å²) in [5.74, 6) is 1.30. The third-order valence-corrected chi connectivity index (χ3v) is 4.70. The molecule has 0 spiro atoms. The molecule has 0 unspecified atom stereocenters. The fourth-order valence-corrected chi connectivity index (χ4v) is 3.09. The first-order chi connectivity index (χ1) is 12.1. The molecule has 0 bridgehead atoms. The summed E-state index contributed by atoms with van der Waals surface area (Å²) in [6, 6.07) is 12.0. The van der Waals surface area contributed by atoms with E-state index >= 15 is 0 Å². The molecule has 25 heavy (non-hydrogen) atoms. The van der Waals surface area contributed by atoms with E-state index in [4.69, 9.17) is 4.98 Å². The van der Waals surface area contributed by atoms with Crippen molar-refractivity contribution < 1.29 is 0 Å². The molecule has 0 aliphatic carbocycles. The van der Waals surface area contributed by atoms with Crippen molar-refractivity contribution in [3.63, 3.8) is 0 Å². The first-order valence-electron chi connectivity index (χ1n) is 7.76. The van der Waals surface area contributed by atoms with Gasteiger partial charge in [0.1, 0.15) is 0 Å². The minimum atomic E-state index is 0.636. The van der Waals surface area contributed by atoms with E-state index in [0.717, 1.165) is 22.8 Å². The average Bonchev–Trinajstić information content (AvgIpc) is 2.97. The number of hydrogen-bond donors (Lipinski definition) is 0. The second kappa shape index (κ2) is 6.40. The molecule has 7 heteroatoms. The normalized spacial score (nSPS) is 11.0. The van der Waals surface area contributed by atoms with Gasteiger partial charge in [-0.3, -0.25) is 4.40 Å². The molecule has 0 atom stereocenters. The number of halogens is 1. The van der Waals surface area contributed by atoms with E-state index < -0.39 is 0 Å². The van der Waals surface area contributed by atoms with Crippen molar-refractivity contribution in [2.45, 2.75) is 6.92 Å². The minimum absolute atomic E-state index is 0.636. The Hall–Kier alpha value is -2.55. The quantitative estimate of drug-likeness (QED) is 0.451. The predicted molar refractivity (Wildman–Crippen MR) is 106 cm³/mol. The van der Waals surface area contributed by atoms with Gasteiger partial charge in [-0.25, -0.2) is 19.9 Å². The molecule has 4 aromatic rings. The average molecular weight is 442 g/mol. The van der Waals surface area contributed by atoms with Gasteiger partial charge in [-0.05, 0) is 65.9 Å². The zero-order valence-electron chi connectivity index (χ0n) is 13.8. The lowest BCUT2D eigenvalue weighted by Gasteiger charge is -2.17. The lowest BCUT2D eigenvalue weighted by Crippen LogP contribution is -2.13. The van der Waals surface area contributed by atoms with E-state index in [-0.39, 0.29) is 0 Å². The van der Waals surface area contributed by atoms with Gasteiger partial charge < -0.3 is 4.90 Å². The van der Waals surface area contributed by atoms with Crippen molar-refractivity contribution >= 4 is 40.0 Å². The summed E-state index contributed by atoms with van der Waals surface area (Å²) in [6.07, 6.45) is 5.46. The van der Waals surface area contributed by atoms with Crippen LogP contribution in [-0.4, -0.2) is 31.4 Å². The highest BCUT2D eigenvalue weighted by Crippen LogP contribution is 2.26. The Morgan fingerprint density at radius 3 is 2.60 bits per heavy atom. The van der Waals surface area contributed by atoms with Crippen molar-refractivity contribution in [2.24, 2.45) is 0 Å². The summed E-state index contributed by atoms with van der Waals surface area (Å²) in [7, 11) is 1.96. The molecule has 6 nitrogen and oxygen atoms in total. The first kappa shape index (κ1) is 15.9. The second-order valence-electron chi connectivity index (χ2n) is 5.61. The largest absolute Gasteiger partial charge is 0.314 e. The van der Waals surface area contributed by atoms with Crippen LogP contribution in [-0.2, 0) is 0 Å². The molecule has 0 aliphatic rings. The molecule has 0 radical (unpaired) electrons. The van der Waals surface area contributed by atoms with Gasteiger partial charge in [0.05, 0.1) is 17.1 Å². The Balaban J connectivity index is 1.79. The van der Waals surface area contributed by atoms with Crippen LogP contribution in [0, 0.1) is 10.5 Å². The van der Waals surface area contributed by atoms with E-state index in [1.54, 1.807) is 12.4 Å². The Bertz CT molecular complexity index is 1040. The molecule has 0 N–H and O–H groups in total. The van der Waals surface area contributed by atoms with Crippen molar-refractivity contribution in [1.82, 2.24) is 24.3 Å². The highest BCUT2D eigenvalue weighted by atomic mass is 127. The Labute approximate surface area is 158 Å². The fraction of sp³-hybridized carbons (Fsp3) is 0.111. The van der Waals surface area contributed by atoms with Crippen LogP contribution in [0.3, 0.4) is 0 Å². The number of aromatic nitrogens is 5. The number of benzene rings is 1. The highest BCUT2D eigenvalue weighted by Gasteiger charge is 2.15. The Morgan fingerprint density at radius 1 is 1.00 bits per heavy atom. The monoisotopic (exact) mass is 442 g/mol. The van der Waals surface area contributed by atoms with Crippen LogP contribution in [0.5, 0.6) is 0 Å². The Kier molecular flexibility index (Phi) is 4.08. The molecule has 3 heterocycles. The number of imidazole rings is 1. The van der Waals surface area contributed by atoms with Gasteiger partial charge in [0, 0.05) is 34.9 Å². The number of hydrogen-bond acceptors (Lipinski definition) is 5. The summed E-state index contributed by atoms with van der Waals surface area (Å²) in [4.78, 5) is 20.0. The van der Waals surface area contributed by atoms with E-state index in [1.807, 2.05) is 41.6 Å². The summed E-state index contributed by atoms with van der Waals surface area (Å²) in [5, 5.41) is 0.